The summed E-state index contributed by atoms with van der Waals surface area (Å²) in [4.78, 5) is 14.8. The zero-order valence-electron chi connectivity index (χ0n) is 12.9. The van der Waals surface area contributed by atoms with E-state index >= 15 is 0 Å². The maximum absolute atomic E-state index is 12.8. The molecule has 0 spiro atoms. The molecule has 0 radical (unpaired) electrons. The molecule has 0 aliphatic carbocycles. The molecule has 1 saturated heterocycles. The SMILES string of the molecule is COc1cccc2cc(C(=O)N3CCCC(C)C3)n(C)c12. The second-order valence-corrected chi connectivity index (χ2v) is 5.99. The summed E-state index contributed by atoms with van der Waals surface area (Å²) in [6.45, 7) is 3.93. The minimum absolute atomic E-state index is 0.127. The van der Waals surface area contributed by atoms with E-state index in [1.165, 1.54) is 6.42 Å². The minimum atomic E-state index is 0.127. The monoisotopic (exact) mass is 286 g/mol. The molecule has 1 aromatic carbocycles. The van der Waals surface area contributed by atoms with Crippen LogP contribution in [0.1, 0.15) is 30.3 Å². The maximum Gasteiger partial charge on any atom is 0.270 e. The number of carbonyl (C=O) groups is 1. The Hall–Kier alpha value is -1.97. The zero-order valence-corrected chi connectivity index (χ0v) is 12.9. The van der Waals surface area contributed by atoms with Crippen LogP contribution in [0.4, 0.5) is 0 Å². The van der Waals surface area contributed by atoms with Gasteiger partial charge in [-0.25, -0.2) is 0 Å². The van der Waals surface area contributed by atoms with E-state index in [0.29, 0.717) is 5.92 Å². The highest BCUT2D eigenvalue weighted by atomic mass is 16.5. The third-order valence-electron chi connectivity index (χ3n) is 4.40. The van der Waals surface area contributed by atoms with Gasteiger partial charge in [0.25, 0.3) is 5.91 Å². The number of hydrogen-bond acceptors (Lipinski definition) is 2. The molecule has 0 N–H and O–H groups in total. The number of likely N-dealkylation sites (tertiary alicyclic amines) is 1. The molecule has 2 heterocycles. The lowest BCUT2D eigenvalue weighted by Gasteiger charge is -2.31. The van der Waals surface area contributed by atoms with E-state index in [9.17, 15) is 4.79 Å². The third-order valence-corrected chi connectivity index (χ3v) is 4.40. The van der Waals surface area contributed by atoms with Crippen LogP contribution in [-0.4, -0.2) is 35.6 Å². The molecule has 1 aromatic heterocycles. The van der Waals surface area contributed by atoms with Gasteiger partial charge in [-0.2, -0.15) is 0 Å². The third kappa shape index (κ3) is 2.39. The van der Waals surface area contributed by atoms with Crippen LogP contribution in [0.25, 0.3) is 10.9 Å². The maximum atomic E-state index is 12.8. The predicted molar refractivity (Wildman–Crippen MR) is 83.8 cm³/mol. The number of para-hydroxylation sites is 1. The summed E-state index contributed by atoms with van der Waals surface area (Å²) in [6, 6.07) is 7.88. The van der Waals surface area contributed by atoms with Crippen molar-refractivity contribution in [3.05, 3.63) is 30.0 Å². The average Bonchev–Trinajstić information content (AvgIpc) is 2.84. The van der Waals surface area contributed by atoms with Crippen LogP contribution in [0.2, 0.25) is 0 Å². The molecule has 1 unspecified atom stereocenters. The molecule has 0 saturated carbocycles. The largest absolute Gasteiger partial charge is 0.495 e. The van der Waals surface area contributed by atoms with Crippen LogP contribution in [0.3, 0.4) is 0 Å². The quantitative estimate of drug-likeness (QED) is 0.850. The topological polar surface area (TPSA) is 34.5 Å². The Labute approximate surface area is 125 Å². The summed E-state index contributed by atoms with van der Waals surface area (Å²) < 4.78 is 7.37. The first kappa shape index (κ1) is 14.0. The van der Waals surface area contributed by atoms with Gasteiger partial charge in [0, 0.05) is 25.5 Å². The number of hydrogen-bond donors (Lipinski definition) is 0. The van der Waals surface area contributed by atoms with Gasteiger partial charge >= 0.3 is 0 Å². The molecule has 3 rings (SSSR count). The van der Waals surface area contributed by atoms with Crippen molar-refractivity contribution in [2.45, 2.75) is 19.8 Å². The number of fused-ring (bicyclic) bond motifs is 1. The van der Waals surface area contributed by atoms with Crippen LogP contribution in [0, 0.1) is 5.92 Å². The first-order chi connectivity index (χ1) is 10.1. The number of ether oxygens (including phenoxy) is 1. The highest BCUT2D eigenvalue weighted by Gasteiger charge is 2.25. The van der Waals surface area contributed by atoms with Crippen LogP contribution in [0.5, 0.6) is 5.75 Å². The Morgan fingerprint density at radius 3 is 2.90 bits per heavy atom. The van der Waals surface area contributed by atoms with E-state index in [4.69, 9.17) is 4.74 Å². The number of benzene rings is 1. The Bertz CT molecular complexity index is 675. The Balaban J connectivity index is 2.00. The van der Waals surface area contributed by atoms with Gasteiger partial charge in [-0.1, -0.05) is 19.1 Å². The van der Waals surface area contributed by atoms with E-state index in [-0.39, 0.29) is 5.91 Å². The van der Waals surface area contributed by atoms with Gasteiger partial charge in [0.15, 0.2) is 0 Å². The fraction of sp³-hybridized carbons (Fsp3) is 0.471. The molecular weight excluding hydrogens is 264 g/mol. The lowest BCUT2D eigenvalue weighted by molar-refractivity contribution is 0.0674. The molecule has 1 aliphatic heterocycles. The van der Waals surface area contributed by atoms with Gasteiger partial charge in [0.1, 0.15) is 11.4 Å². The van der Waals surface area contributed by atoms with E-state index in [1.54, 1.807) is 7.11 Å². The summed E-state index contributed by atoms with van der Waals surface area (Å²) in [5.41, 5.74) is 1.72. The average molecular weight is 286 g/mol. The Morgan fingerprint density at radius 2 is 2.19 bits per heavy atom. The van der Waals surface area contributed by atoms with Gasteiger partial charge in [-0.15, -0.1) is 0 Å². The molecule has 4 nitrogen and oxygen atoms in total. The molecule has 1 atom stereocenters. The molecule has 1 fully saturated rings. The summed E-state index contributed by atoms with van der Waals surface area (Å²) in [7, 11) is 3.60. The standard InChI is InChI=1S/C17H22N2O2/c1-12-6-5-9-19(11-12)17(20)14-10-13-7-4-8-15(21-3)16(13)18(14)2/h4,7-8,10,12H,5-6,9,11H2,1-3H3. The van der Waals surface area contributed by atoms with Crippen LogP contribution in [-0.2, 0) is 7.05 Å². The number of rotatable bonds is 2. The zero-order chi connectivity index (χ0) is 15.0. The van der Waals surface area contributed by atoms with Crippen molar-refractivity contribution < 1.29 is 9.53 Å². The summed E-state index contributed by atoms with van der Waals surface area (Å²) in [6.07, 6.45) is 2.31. The lowest BCUT2D eigenvalue weighted by atomic mass is 10.00. The van der Waals surface area contributed by atoms with Gasteiger partial charge in [-0.3, -0.25) is 4.79 Å². The molecule has 1 amide bonds. The highest BCUT2D eigenvalue weighted by Crippen LogP contribution is 2.29. The number of amides is 1. The fourth-order valence-electron chi connectivity index (χ4n) is 3.29. The molecule has 1 aliphatic rings. The van der Waals surface area contributed by atoms with E-state index in [2.05, 4.69) is 6.92 Å². The van der Waals surface area contributed by atoms with Gasteiger partial charge in [0.2, 0.25) is 0 Å². The first-order valence-electron chi connectivity index (χ1n) is 7.53. The Morgan fingerprint density at radius 1 is 1.38 bits per heavy atom. The number of aryl methyl sites for hydroxylation is 1. The number of methoxy groups -OCH3 is 1. The van der Waals surface area contributed by atoms with Crippen molar-refractivity contribution >= 4 is 16.8 Å². The number of aromatic nitrogens is 1. The number of nitrogens with zero attached hydrogens (tertiary/aromatic N) is 2. The molecule has 2 aromatic rings. The molecule has 112 valence electrons. The van der Waals surface area contributed by atoms with Gasteiger partial charge in [0.05, 0.1) is 12.6 Å². The van der Waals surface area contributed by atoms with Crippen LogP contribution >= 0.6 is 0 Å². The number of piperidine rings is 1. The van der Waals surface area contributed by atoms with Gasteiger partial charge < -0.3 is 14.2 Å². The van der Waals surface area contributed by atoms with Crippen molar-refractivity contribution in [2.75, 3.05) is 20.2 Å². The van der Waals surface area contributed by atoms with Crippen molar-refractivity contribution in [3.63, 3.8) is 0 Å². The van der Waals surface area contributed by atoms with E-state index < -0.39 is 0 Å². The summed E-state index contributed by atoms with van der Waals surface area (Å²) in [5.74, 6) is 1.52. The van der Waals surface area contributed by atoms with E-state index in [0.717, 1.165) is 41.9 Å². The molecular formula is C17H22N2O2. The van der Waals surface area contributed by atoms with Crippen molar-refractivity contribution in [1.82, 2.24) is 9.47 Å². The predicted octanol–water partition coefficient (Wildman–Crippen LogP) is 3.06. The van der Waals surface area contributed by atoms with Crippen molar-refractivity contribution in [1.29, 1.82) is 0 Å². The van der Waals surface area contributed by atoms with Crippen LogP contribution in [0.15, 0.2) is 24.3 Å². The minimum Gasteiger partial charge on any atom is -0.495 e. The molecule has 4 heteroatoms. The first-order valence-corrected chi connectivity index (χ1v) is 7.53. The molecule has 0 bridgehead atoms. The fourth-order valence-corrected chi connectivity index (χ4v) is 3.29. The van der Waals surface area contributed by atoms with Crippen molar-refractivity contribution in [2.24, 2.45) is 13.0 Å². The second-order valence-electron chi connectivity index (χ2n) is 5.99. The summed E-state index contributed by atoms with van der Waals surface area (Å²) in [5, 5.41) is 1.05. The smallest absolute Gasteiger partial charge is 0.270 e. The normalized spacial score (nSPS) is 19.0. The van der Waals surface area contributed by atoms with Crippen LogP contribution < -0.4 is 4.74 Å². The summed E-state index contributed by atoms with van der Waals surface area (Å²) >= 11 is 0. The number of carbonyl (C=O) groups excluding carboxylic acids is 1. The van der Waals surface area contributed by atoms with Gasteiger partial charge in [-0.05, 0) is 30.9 Å². The van der Waals surface area contributed by atoms with E-state index in [1.807, 2.05) is 40.8 Å². The second kappa shape index (κ2) is 5.43. The molecule has 21 heavy (non-hydrogen) atoms. The van der Waals surface area contributed by atoms with Crippen molar-refractivity contribution in [3.8, 4) is 5.75 Å². The highest BCUT2D eigenvalue weighted by molar-refractivity contribution is 6.00. The lowest BCUT2D eigenvalue weighted by Crippen LogP contribution is -2.39. The Kier molecular flexibility index (Phi) is 3.62.